The van der Waals surface area contributed by atoms with Crippen LogP contribution in [-0.2, 0) is 20.1 Å². The third kappa shape index (κ3) is 2.88. The van der Waals surface area contributed by atoms with Crippen molar-refractivity contribution in [1.29, 1.82) is 0 Å². The highest BCUT2D eigenvalue weighted by atomic mass is 15.3. The van der Waals surface area contributed by atoms with Crippen LogP contribution in [0, 0.1) is 13.8 Å². The molecule has 0 spiro atoms. The van der Waals surface area contributed by atoms with Crippen LogP contribution in [0.15, 0.2) is 18.5 Å². The van der Waals surface area contributed by atoms with Crippen molar-refractivity contribution in [2.45, 2.75) is 26.9 Å². The van der Waals surface area contributed by atoms with Gasteiger partial charge in [-0.15, -0.1) is 0 Å². The van der Waals surface area contributed by atoms with Gasteiger partial charge in [0.25, 0.3) is 0 Å². The lowest BCUT2D eigenvalue weighted by molar-refractivity contribution is 0.669. The van der Waals surface area contributed by atoms with Crippen molar-refractivity contribution in [1.82, 2.24) is 25.1 Å². The molecule has 0 amide bonds. The molecule has 2 rings (SSSR count). The summed E-state index contributed by atoms with van der Waals surface area (Å²) >= 11 is 0. The van der Waals surface area contributed by atoms with Crippen LogP contribution in [0.2, 0.25) is 0 Å². The molecule has 0 radical (unpaired) electrons. The van der Waals surface area contributed by atoms with Crippen LogP contribution in [0.25, 0.3) is 0 Å². The third-order valence-electron chi connectivity index (χ3n) is 2.79. The Morgan fingerprint density at radius 1 is 1.29 bits per heavy atom. The molecule has 0 bridgehead atoms. The molecule has 5 heteroatoms. The summed E-state index contributed by atoms with van der Waals surface area (Å²) in [5, 5.41) is 7.56. The summed E-state index contributed by atoms with van der Waals surface area (Å²) in [5.41, 5.74) is 3.42. The summed E-state index contributed by atoms with van der Waals surface area (Å²) in [4.78, 5) is 8.41. The van der Waals surface area contributed by atoms with Gasteiger partial charge in [-0.2, -0.15) is 5.10 Å². The van der Waals surface area contributed by atoms with Crippen molar-refractivity contribution in [2.24, 2.45) is 7.05 Å². The Morgan fingerprint density at radius 2 is 2.12 bits per heavy atom. The van der Waals surface area contributed by atoms with Gasteiger partial charge in [0.1, 0.15) is 5.82 Å². The minimum atomic E-state index is 0.748. The number of nitrogens with zero attached hydrogens (tertiary/aromatic N) is 4. The summed E-state index contributed by atoms with van der Waals surface area (Å²) < 4.78 is 1.88. The average molecular weight is 231 g/mol. The Bertz CT molecular complexity index is 503. The number of aromatic nitrogens is 4. The van der Waals surface area contributed by atoms with Crippen LogP contribution >= 0.6 is 0 Å². The molecule has 1 N–H and O–H groups in total. The lowest BCUT2D eigenvalue weighted by Crippen LogP contribution is -2.14. The van der Waals surface area contributed by atoms with Gasteiger partial charge in [-0.25, -0.2) is 9.97 Å². The second kappa shape index (κ2) is 5.05. The molecular weight excluding hydrogens is 214 g/mol. The Morgan fingerprint density at radius 3 is 2.76 bits per heavy atom. The van der Waals surface area contributed by atoms with Crippen molar-refractivity contribution in [3.05, 3.63) is 41.2 Å². The SMILES string of the molecule is Cc1nccc(CNCc2cnn(C)c2C)n1. The zero-order valence-corrected chi connectivity index (χ0v) is 10.4. The highest BCUT2D eigenvalue weighted by molar-refractivity contribution is 5.15. The Balaban J connectivity index is 1.90. The first-order chi connectivity index (χ1) is 8.16. The molecule has 0 aliphatic carbocycles. The van der Waals surface area contributed by atoms with E-state index in [1.165, 1.54) is 11.3 Å². The summed E-state index contributed by atoms with van der Waals surface area (Å²) in [7, 11) is 1.95. The minimum Gasteiger partial charge on any atom is -0.307 e. The lowest BCUT2D eigenvalue weighted by atomic mass is 10.2. The standard InChI is InChI=1S/C12H17N5/c1-9-11(7-15-17(9)3)6-13-8-12-4-5-14-10(2)16-12/h4-5,7,13H,6,8H2,1-3H3. The zero-order chi connectivity index (χ0) is 12.3. The van der Waals surface area contributed by atoms with E-state index < -0.39 is 0 Å². The zero-order valence-electron chi connectivity index (χ0n) is 10.4. The van der Waals surface area contributed by atoms with Gasteiger partial charge in [-0.3, -0.25) is 4.68 Å². The normalized spacial score (nSPS) is 10.8. The number of aryl methyl sites for hydroxylation is 2. The Kier molecular flexibility index (Phi) is 3.49. The van der Waals surface area contributed by atoms with E-state index in [1.807, 2.05) is 30.9 Å². The molecule has 0 unspecified atom stereocenters. The van der Waals surface area contributed by atoms with Gasteiger partial charge in [0, 0.05) is 37.6 Å². The summed E-state index contributed by atoms with van der Waals surface area (Å²) in [5.74, 6) is 0.807. The molecule has 2 heterocycles. The van der Waals surface area contributed by atoms with Crippen molar-refractivity contribution < 1.29 is 0 Å². The molecule has 2 aromatic heterocycles. The summed E-state index contributed by atoms with van der Waals surface area (Å²) in [6, 6.07) is 1.93. The van der Waals surface area contributed by atoms with E-state index in [-0.39, 0.29) is 0 Å². The highest BCUT2D eigenvalue weighted by Crippen LogP contribution is 2.05. The maximum Gasteiger partial charge on any atom is 0.125 e. The van der Waals surface area contributed by atoms with E-state index in [0.29, 0.717) is 0 Å². The van der Waals surface area contributed by atoms with Crippen LogP contribution in [-0.4, -0.2) is 19.7 Å². The predicted molar refractivity (Wildman–Crippen MR) is 65.3 cm³/mol. The molecule has 5 nitrogen and oxygen atoms in total. The quantitative estimate of drug-likeness (QED) is 0.856. The molecule has 0 fully saturated rings. The largest absolute Gasteiger partial charge is 0.307 e. The van der Waals surface area contributed by atoms with Gasteiger partial charge in [-0.05, 0) is 19.9 Å². The summed E-state index contributed by atoms with van der Waals surface area (Å²) in [6.45, 7) is 5.52. The molecule has 0 aliphatic heterocycles. The number of rotatable bonds is 4. The van der Waals surface area contributed by atoms with Crippen LogP contribution in [0.1, 0.15) is 22.8 Å². The minimum absolute atomic E-state index is 0.748. The second-order valence-corrected chi connectivity index (χ2v) is 4.08. The highest BCUT2D eigenvalue weighted by Gasteiger charge is 2.03. The van der Waals surface area contributed by atoms with E-state index in [9.17, 15) is 0 Å². The van der Waals surface area contributed by atoms with E-state index in [1.54, 1.807) is 6.20 Å². The number of nitrogens with one attached hydrogen (secondary N) is 1. The molecule has 0 aliphatic rings. The lowest BCUT2D eigenvalue weighted by Gasteiger charge is -2.04. The topological polar surface area (TPSA) is 55.6 Å². The fourth-order valence-electron chi connectivity index (χ4n) is 1.65. The Labute approximate surface area is 101 Å². The maximum absolute atomic E-state index is 4.34. The van der Waals surface area contributed by atoms with Gasteiger partial charge in [0.2, 0.25) is 0 Å². The van der Waals surface area contributed by atoms with Crippen LogP contribution in [0.5, 0.6) is 0 Å². The molecule has 2 aromatic rings. The molecule has 90 valence electrons. The predicted octanol–water partition coefficient (Wildman–Crippen LogP) is 1.12. The fourth-order valence-corrected chi connectivity index (χ4v) is 1.65. The van der Waals surface area contributed by atoms with Gasteiger partial charge < -0.3 is 5.32 Å². The fraction of sp³-hybridized carbons (Fsp3) is 0.417. The van der Waals surface area contributed by atoms with E-state index >= 15 is 0 Å². The van der Waals surface area contributed by atoms with E-state index in [0.717, 1.165) is 24.6 Å². The molecule has 0 saturated carbocycles. The smallest absolute Gasteiger partial charge is 0.125 e. The second-order valence-electron chi connectivity index (χ2n) is 4.08. The average Bonchev–Trinajstić information content (AvgIpc) is 2.61. The van der Waals surface area contributed by atoms with Crippen LogP contribution in [0.3, 0.4) is 0 Å². The summed E-state index contributed by atoms with van der Waals surface area (Å²) in [6.07, 6.45) is 3.68. The third-order valence-corrected chi connectivity index (χ3v) is 2.79. The first kappa shape index (κ1) is 11.7. The molecular formula is C12H17N5. The molecule has 0 aromatic carbocycles. The van der Waals surface area contributed by atoms with E-state index in [2.05, 4.69) is 27.3 Å². The maximum atomic E-state index is 4.34. The monoisotopic (exact) mass is 231 g/mol. The van der Waals surface area contributed by atoms with Crippen LogP contribution in [0.4, 0.5) is 0 Å². The first-order valence-electron chi connectivity index (χ1n) is 5.63. The van der Waals surface area contributed by atoms with Gasteiger partial charge in [-0.1, -0.05) is 0 Å². The van der Waals surface area contributed by atoms with Crippen molar-refractivity contribution in [3.63, 3.8) is 0 Å². The number of hydrogen-bond acceptors (Lipinski definition) is 4. The van der Waals surface area contributed by atoms with Crippen molar-refractivity contribution >= 4 is 0 Å². The number of hydrogen-bond donors (Lipinski definition) is 1. The van der Waals surface area contributed by atoms with Crippen molar-refractivity contribution in [2.75, 3.05) is 0 Å². The van der Waals surface area contributed by atoms with Gasteiger partial charge >= 0.3 is 0 Å². The first-order valence-corrected chi connectivity index (χ1v) is 5.63. The molecule has 0 atom stereocenters. The van der Waals surface area contributed by atoms with Crippen LogP contribution < -0.4 is 5.32 Å². The van der Waals surface area contributed by atoms with Gasteiger partial charge in [0.15, 0.2) is 0 Å². The van der Waals surface area contributed by atoms with E-state index in [4.69, 9.17) is 0 Å². The van der Waals surface area contributed by atoms with Crippen molar-refractivity contribution in [3.8, 4) is 0 Å². The van der Waals surface area contributed by atoms with Gasteiger partial charge in [0.05, 0.1) is 11.9 Å². The molecule has 0 saturated heterocycles. The molecule has 17 heavy (non-hydrogen) atoms. The Hall–Kier alpha value is -1.75.